The molecule has 0 atom stereocenters. The number of hydrogen-bond acceptors (Lipinski definition) is 4. The Labute approximate surface area is 116 Å². The van der Waals surface area contributed by atoms with Gasteiger partial charge in [-0.25, -0.2) is 18.1 Å². The molecular weight excluding hydrogens is 288 g/mol. The van der Waals surface area contributed by atoms with E-state index in [1.54, 1.807) is 13.2 Å². The molecule has 0 aliphatic carbocycles. The number of pyridine rings is 1. The number of aromatic nitrogens is 3. The van der Waals surface area contributed by atoms with Crippen molar-refractivity contribution >= 4 is 21.6 Å². The molecule has 0 bridgehead atoms. The molecule has 2 heterocycles. The topological polar surface area (TPSA) is 76.9 Å². The number of imidazole rings is 1. The van der Waals surface area contributed by atoms with Crippen molar-refractivity contribution in [3.8, 4) is 0 Å². The average Bonchev–Trinajstić information content (AvgIpc) is 2.70. The molecule has 0 fully saturated rings. The molecule has 8 heteroatoms. The molecule has 1 N–H and O–H groups in total. The maximum Gasteiger partial charge on any atom is 0.261 e. The third-order valence-corrected chi connectivity index (χ3v) is 4.42. The molecule has 0 spiro atoms. The van der Waals surface area contributed by atoms with Crippen molar-refractivity contribution in [2.24, 2.45) is 7.05 Å². The van der Waals surface area contributed by atoms with Gasteiger partial charge in [-0.2, -0.15) is 0 Å². The first-order valence-corrected chi connectivity index (χ1v) is 7.34. The molecule has 102 valence electrons. The van der Waals surface area contributed by atoms with Crippen LogP contribution in [0.3, 0.4) is 0 Å². The summed E-state index contributed by atoms with van der Waals surface area (Å²) in [5.41, 5.74) is 1.64. The smallest absolute Gasteiger partial charge is 0.261 e. The third kappa shape index (κ3) is 3.12. The van der Waals surface area contributed by atoms with Crippen molar-refractivity contribution in [1.82, 2.24) is 19.3 Å². The summed E-state index contributed by atoms with van der Waals surface area (Å²) in [7, 11) is -2.10. The van der Waals surface area contributed by atoms with Gasteiger partial charge in [0.15, 0.2) is 0 Å². The summed E-state index contributed by atoms with van der Waals surface area (Å²) >= 11 is 5.86. The van der Waals surface area contributed by atoms with Crippen LogP contribution in [0.25, 0.3) is 0 Å². The van der Waals surface area contributed by atoms with Crippen LogP contribution in [0, 0.1) is 6.92 Å². The van der Waals surface area contributed by atoms with E-state index in [1.807, 2.05) is 19.1 Å². The van der Waals surface area contributed by atoms with Crippen LogP contribution < -0.4 is 4.72 Å². The number of rotatable bonds is 4. The second kappa shape index (κ2) is 5.28. The quantitative estimate of drug-likeness (QED) is 0.922. The van der Waals surface area contributed by atoms with E-state index in [0.29, 0.717) is 0 Å². The lowest BCUT2D eigenvalue weighted by atomic mass is 10.2. The lowest BCUT2D eigenvalue weighted by Crippen LogP contribution is -2.24. The highest BCUT2D eigenvalue weighted by molar-refractivity contribution is 7.89. The van der Waals surface area contributed by atoms with Gasteiger partial charge in [-0.1, -0.05) is 17.7 Å². The molecule has 2 aromatic rings. The molecule has 0 aliphatic heterocycles. The van der Waals surface area contributed by atoms with Crippen LogP contribution in [0.4, 0.5) is 0 Å². The lowest BCUT2D eigenvalue weighted by molar-refractivity contribution is 0.578. The van der Waals surface area contributed by atoms with Gasteiger partial charge < -0.3 is 4.57 Å². The maximum absolute atomic E-state index is 12.0. The Bertz CT molecular complexity index is 679. The van der Waals surface area contributed by atoms with Gasteiger partial charge in [0.2, 0.25) is 5.03 Å². The van der Waals surface area contributed by atoms with E-state index in [2.05, 4.69) is 14.7 Å². The van der Waals surface area contributed by atoms with Crippen molar-refractivity contribution in [3.63, 3.8) is 0 Å². The van der Waals surface area contributed by atoms with Crippen LogP contribution in [0.1, 0.15) is 11.3 Å². The van der Waals surface area contributed by atoms with Crippen LogP contribution in [-0.4, -0.2) is 23.0 Å². The van der Waals surface area contributed by atoms with Crippen LogP contribution in [0.15, 0.2) is 29.7 Å². The largest absolute Gasteiger partial charge is 0.324 e. The van der Waals surface area contributed by atoms with Crippen molar-refractivity contribution in [2.45, 2.75) is 18.5 Å². The van der Waals surface area contributed by atoms with E-state index < -0.39 is 10.0 Å². The Balaban J connectivity index is 2.14. The summed E-state index contributed by atoms with van der Waals surface area (Å²) in [6, 6.07) is 3.63. The molecule has 6 nitrogen and oxygen atoms in total. The fourth-order valence-corrected chi connectivity index (χ4v) is 2.87. The highest BCUT2D eigenvalue weighted by atomic mass is 35.5. The van der Waals surface area contributed by atoms with Gasteiger partial charge in [-0.15, -0.1) is 0 Å². The Kier molecular flexibility index (Phi) is 3.88. The number of nitrogens with one attached hydrogen (secondary N) is 1. The number of hydrogen-bond donors (Lipinski definition) is 1. The zero-order valence-electron chi connectivity index (χ0n) is 10.5. The lowest BCUT2D eigenvalue weighted by Gasteiger charge is -2.05. The van der Waals surface area contributed by atoms with Gasteiger partial charge in [0.1, 0.15) is 5.15 Å². The minimum absolute atomic E-state index is 0.0783. The summed E-state index contributed by atoms with van der Waals surface area (Å²) in [5.74, 6) is 0. The summed E-state index contributed by atoms with van der Waals surface area (Å²) in [5, 5.41) is -0.0914. The summed E-state index contributed by atoms with van der Waals surface area (Å²) in [4.78, 5) is 7.87. The highest BCUT2D eigenvalue weighted by Gasteiger charge is 2.21. The second-order valence-corrected chi connectivity index (χ2v) is 6.12. The van der Waals surface area contributed by atoms with Crippen LogP contribution in [0.2, 0.25) is 5.15 Å². The molecule has 0 radical (unpaired) electrons. The predicted molar refractivity (Wildman–Crippen MR) is 71.2 cm³/mol. The second-order valence-electron chi connectivity index (χ2n) is 4.08. The van der Waals surface area contributed by atoms with Gasteiger partial charge in [0.05, 0.1) is 6.33 Å². The minimum Gasteiger partial charge on any atom is -0.324 e. The number of sulfonamides is 1. The Morgan fingerprint density at radius 2 is 2.11 bits per heavy atom. The summed E-state index contributed by atoms with van der Waals surface area (Å²) < 4.78 is 27.9. The number of aryl methyl sites for hydroxylation is 2. The molecular formula is C11H13ClN4O2S. The number of nitrogens with zero attached hydrogens (tertiary/aromatic N) is 3. The van der Waals surface area contributed by atoms with Gasteiger partial charge in [-0.3, -0.25) is 4.98 Å². The normalized spacial score (nSPS) is 11.7. The predicted octanol–water partition coefficient (Wildman–Crippen LogP) is 1.26. The summed E-state index contributed by atoms with van der Waals surface area (Å²) in [6.45, 7) is 2.00. The molecule has 0 aliphatic rings. The zero-order chi connectivity index (χ0) is 14.0. The van der Waals surface area contributed by atoms with Gasteiger partial charge in [-0.05, 0) is 18.6 Å². The Hall–Kier alpha value is -1.44. The fraction of sp³-hybridized carbons (Fsp3) is 0.273. The zero-order valence-corrected chi connectivity index (χ0v) is 12.0. The molecule has 0 amide bonds. The van der Waals surface area contributed by atoms with Crippen LogP contribution in [-0.2, 0) is 23.6 Å². The van der Waals surface area contributed by atoms with Gasteiger partial charge in [0, 0.05) is 25.5 Å². The first kappa shape index (κ1) is 14.0. The van der Waals surface area contributed by atoms with Crippen molar-refractivity contribution in [2.75, 3.05) is 0 Å². The molecule has 0 saturated carbocycles. The molecule has 0 aromatic carbocycles. The molecule has 0 saturated heterocycles. The van der Waals surface area contributed by atoms with E-state index in [1.165, 1.54) is 10.9 Å². The standard InChI is InChI=1S/C11H13ClN4O2S/c1-8-3-4-9(5-13-8)6-15-19(17,18)11-10(12)16(2)7-14-11/h3-5,7,15H,6H2,1-2H3. The molecule has 0 unspecified atom stereocenters. The summed E-state index contributed by atoms with van der Waals surface area (Å²) in [6.07, 6.45) is 2.97. The van der Waals surface area contributed by atoms with E-state index >= 15 is 0 Å². The molecule has 2 aromatic heterocycles. The van der Waals surface area contributed by atoms with Crippen molar-refractivity contribution in [1.29, 1.82) is 0 Å². The van der Waals surface area contributed by atoms with E-state index in [9.17, 15) is 8.42 Å². The molecule has 2 rings (SSSR count). The fourth-order valence-electron chi connectivity index (χ4n) is 1.42. The van der Waals surface area contributed by atoms with Crippen LogP contribution in [0.5, 0.6) is 0 Å². The van der Waals surface area contributed by atoms with Crippen molar-refractivity contribution in [3.05, 3.63) is 41.1 Å². The van der Waals surface area contributed by atoms with E-state index in [-0.39, 0.29) is 16.7 Å². The van der Waals surface area contributed by atoms with E-state index in [0.717, 1.165) is 11.3 Å². The first-order valence-electron chi connectivity index (χ1n) is 5.48. The SMILES string of the molecule is Cc1ccc(CNS(=O)(=O)c2ncn(C)c2Cl)cn1. The van der Waals surface area contributed by atoms with Crippen LogP contribution >= 0.6 is 11.6 Å². The molecule has 19 heavy (non-hydrogen) atoms. The number of halogens is 1. The van der Waals surface area contributed by atoms with Crippen molar-refractivity contribution < 1.29 is 8.42 Å². The van der Waals surface area contributed by atoms with Gasteiger partial charge in [0.25, 0.3) is 10.0 Å². The minimum atomic E-state index is -3.72. The van der Waals surface area contributed by atoms with E-state index in [4.69, 9.17) is 11.6 Å². The maximum atomic E-state index is 12.0. The first-order chi connectivity index (χ1) is 8.90. The Morgan fingerprint density at radius 1 is 1.37 bits per heavy atom. The Morgan fingerprint density at radius 3 is 2.63 bits per heavy atom. The van der Waals surface area contributed by atoms with Gasteiger partial charge >= 0.3 is 0 Å². The third-order valence-electron chi connectivity index (χ3n) is 2.53. The highest BCUT2D eigenvalue weighted by Crippen LogP contribution is 2.18. The monoisotopic (exact) mass is 300 g/mol. The average molecular weight is 301 g/mol.